The summed E-state index contributed by atoms with van der Waals surface area (Å²) in [6, 6.07) is 0.199. The SMILES string of the molecule is O=C(N[C@H]1CN2CC[C@H]1C2)N1C=CC2=NCOC2=C1. The highest BCUT2D eigenvalue weighted by Crippen LogP contribution is 2.28. The molecule has 0 aromatic carbocycles. The second kappa shape index (κ2) is 4.09. The summed E-state index contributed by atoms with van der Waals surface area (Å²) in [5, 5.41) is 3.11. The molecule has 100 valence electrons. The summed E-state index contributed by atoms with van der Waals surface area (Å²) in [4.78, 5) is 20.3. The summed E-state index contributed by atoms with van der Waals surface area (Å²) in [7, 11) is 0. The zero-order valence-electron chi connectivity index (χ0n) is 10.6. The molecule has 0 radical (unpaired) electrons. The molecular formula is C13H16N4O2. The van der Waals surface area contributed by atoms with Crippen molar-refractivity contribution < 1.29 is 9.53 Å². The Morgan fingerprint density at radius 3 is 3.21 bits per heavy atom. The summed E-state index contributed by atoms with van der Waals surface area (Å²) in [5.41, 5.74) is 0.815. The lowest BCUT2D eigenvalue weighted by Crippen LogP contribution is -2.47. The number of hydrogen-bond acceptors (Lipinski definition) is 4. The summed E-state index contributed by atoms with van der Waals surface area (Å²) < 4.78 is 5.33. The van der Waals surface area contributed by atoms with Gasteiger partial charge in [0, 0.05) is 25.3 Å². The van der Waals surface area contributed by atoms with Crippen molar-refractivity contribution >= 4 is 11.7 Å². The standard InChI is InChI=1S/C13H16N4O2/c18-13(15-11-6-16-3-1-9(11)5-16)17-4-2-10-12(7-17)19-8-14-10/h2,4,7,9,11H,1,3,5-6,8H2,(H,15,18)/t9-,11-/m0/s1. The van der Waals surface area contributed by atoms with Gasteiger partial charge in [-0.25, -0.2) is 9.79 Å². The summed E-state index contributed by atoms with van der Waals surface area (Å²) >= 11 is 0. The Hall–Kier alpha value is -1.82. The van der Waals surface area contributed by atoms with E-state index in [4.69, 9.17) is 4.74 Å². The van der Waals surface area contributed by atoms with Gasteiger partial charge in [0.2, 0.25) is 0 Å². The number of fused-ring (bicyclic) bond motifs is 3. The minimum Gasteiger partial charge on any atom is -0.468 e. The second-order valence-electron chi connectivity index (χ2n) is 5.40. The largest absolute Gasteiger partial charge is 0.468 e. The van der Waals surface area contributed by atoms with E-state index in [1.165, 1.54) is 13.0 Å². The highest BCUT2D eigenvalue weighted by molar-refractivity contribution is 6.09. The number of nitrogens with zero attached hydrogens (tertiary/aromatic N) is 3. The predicted octanol–water partition coefficient (Wildman–Crippen LogP) is 0.499. The van der Waals surface area contributed by atoms with Gasteiger partial charge in [0.25, 0.3) is 0 Å². The predicted molar refractivity (Wildman–Crippen MR) is 69.3 cm³/mol. The van der Waals surface area contributed by atoms with Crippen molar-refractivity contribution in [1.29, 1.82) is 0 Å². The molecule has 2 amide bonds. The van der Waals surface area contributed by atoms with E-state index in [1.807, 2.05) is 6.08 Å². The van der Waals surface area contributed by atoms with Crippen LogP contribution in [0.4, 0.5) is 4.79 Å². The van der Waals surface area contributed by atoms with Gasteiger partial charge in [0.15, 0.2) is 12.5 Å². The smallest absolute Gasteiger partial charge is 0.325 e. The first-order valence-electron chi connectivity index (χ1n) is 6.68. The molecule has 0 aromatic heterocycles. The molecule has 6 nitrogen and oxygen atoms in total. The quantitative estimate of drug-likeness (QED) is 0.747. The number of aliphatic imine (C=N–C) groups is 1. The summed E-state index contributed by atoms with van der Waals surface area (Å²) in [6.45, 7) is 3.63. The normalized spacial score (nSPS) is 34.7. The molecule has 4 aliphatic heterocycles. The van der Waals surface area contributed by atoms with Crippen molar-refractivity contribution in [1.82, 2.24) is 15.1 Å². The molecule has 4 aliphatic rings. The molecule has 0 spiro atoms. The molecule has 1 unspecified atom stereocenters. The van der Waals surface area contributed by atoms with Gasteiger partial charge >= 0.3 is 6.03 Å². The maximum atomic E-state index is 12.2. The topological polar surface area (TPSA) is 57.2 Å². The molecular weight excluding hydrogens is 244 g/mol. The molecule has 4 heterocycles. The van der Waals surface area contributed by atoms with Gasteiger partial charge in [-0.2, -0.15) is 0 Å². The maximum Gasteiger partial charge on any atom is 0.325 e. The van der Waals surface area contributed by atoms with E-state index in [2.05, 4.69) is 15.2 Å². The molecule has 3 atom stereocenters. The molecule has 2 fully saturated rings. The highest BCUT2D eigenvalue weighted by atomic mass is 16.5. The van der Waals surface area contributed by atoms with Crippen LogP contribution in [0.5, 0.6) is 0 Å². The molecule has 6 heteroatoms. The Morgan fingerprint density at radius 1 is 1.47 bits per heavy atom. The second-order valence-corrected chi connectivity index (χ2v) is 5.40. The first kappa shape index (κ1) is 11.0. The molecule has 0 aromatic rings. The number of piperidine rings is 1. The van der Waals surface area contributed by atoms with Gasteiger partial charge in [-0.1, -0.05) is 0 Å². The van der Waals surface area contributed by atoms with Gasteiger partial charge in [0.1, 0.15) is 5.71 Å². The summed E-state index contributed by atoms with van der Waals surface area (Å²) in [5.74, 6) is 1.29. The van der Waals surface area contributed by atoms with Gasteiger partial charge in [0.05, 0.1) is 6.20 Å². The minimum atomic E-state index is -0.0861. The van der Waals surface area contributed by atoms with Crippen LogP contribution in [-0.4, -0.2) is 53.9 Å². The van der Waals surface area contributed by atoms with E-state index in [0.29, 0.717) is 18.4 Å². The van der Waals surface area contributed by atoms with Crippen LogP contribution in [0.2, 0.25) is 0 Å². The van der Waals surface area contributed by atoms with Crippen LogP contribution in [0, 0.1) is 5.92 Å². The fourth-order valence-electron chi connectivity index (χ4n) is 3.19. The fourth-order valence-corrected chi connectivity index (χ4v) is 3.19. The van der Waals surface area contributed by atoms with Crippen molar-refractivity contribution in [2.24, 2.45) is 10.9 Å². The zero-order chi connectivity index (χ0) is 12.8. The lowest BCUT2D eigenvalue weighted by molar-refractivity contribution is 0.211. The number of carbonyl (C=O) groups is 1. The van der Waals surface area contributed by atoms with Gasteiger partial charge in [-0.15, -0.1) is 0 Å². The van der Waals surface area contributed by atoms with Gasteiger partial charge < -0.3 is 15.0 Å². The molecule has 0 saturated carbocycles. The number of carbonyl (C=O) groups excluding carboxylic acids is 1. The van der Waals surface area contributed by atoms with E-state index >= 15 is 0 Å². The fraction of sp³-hybridized carbons (Fsp3) is 0.538. The molecule has 2 saturated heterocycles. The molecule has 1 N–H and O–H groups in total. The Balaban J connectivity index is 1.43. The van der Waals surface area contributed by atoms with Gasteiger partial charge in [-0.3, -0.25) is 4.90 Å². The Labute approximate surface area is 111 Å². The number of urea groups is 1. The number of rotatable bonds is 1. The van der Waals surface area contributed by atoms with Crippen molar-refractivity contribution in [2.75, 3.05) is 26.4 Å². The van der Waals surface area contributed by atoms with E-state index in [-0.39, 0.29) is 12.1 Å². The van der Waals surface area contributed by atoms with E-state index < -0.39 is 0 Å². The average molecular weight is 260 g/mol. The van der Waals surface area contributed by atoms with Crippen LogP contribution in [0.3, 0.4) is 0 Å². The molecule has 4 rings (SSSR count). The first-order chi connectivity index (χ1) is 9.29. The van der Waals surface area contributed by atoms with Crippen LogP contribution < -0.4 is 5.32 Å². The monoisotopic (exact) mass is 260 g/mol. The van der Waals surface area contributed by atoms with E-state index in [0.717, 1.165) is 18.8 Å². The van der Waals surface area contributed by atoms with Crippen molar-refractivity contribution in [3.63, 3.8) is 0 Å². The third-order valence-electron chi connectivity index (χ3n) is 4.23. The Morgan fingerprint density at radius 2 is 2.42 bits per heavy atom. The van der Waals surface area contributed by atoms with Crippen LogP contribution in [-0.2, 0) is 4.74 Å². The summed E-state index contributed by atoms with van der Waals surface area (Å²) in [6.07, 6.45) is 6.45. The van der Waals surface area contributed by atoms with Crippen molar-refractivity contribution in [2.45, 2.75) is 12.5 Å². The number of amides is 2. The Bertz CT molecular complexity index is 511. The average Bonchev–Trinajstić information content (AvgIpc) is 3.13. The molecule has 2 bridgehead atoms. The van der Waals surface area contributed by atoms with Crippen LogP contribution in [0.15, 0.2) is 29.2 Å². The zero-order valence-corrected chi connectivity index (χ0v) is 10.6. The van der Waals surface area contributed by atoms with Gasteiger partial charge in [-0.05, 0) is 25.0 Å². The number of allylic oxidation sites excluding steroid dienone is 1. The third kappa shape index (κ3) is 1.83. The lowest BCUT2D eigenvalue weighted by Gasteiger charge is -2.26. The minimum absolute atomic E-state index is 0.0861. The number of ether oxygens (including phenoxy) is 1. The Kier molecular flexibility index (Phi) is 2.38. The van der Waals surface area contributed by atoms with Crippen molar-refractivity contribution in [3.8, 4) is 0 Å². The van der Waals surface area contributed by atoms with Crippen LogP contribution >= 0.6 is 0 Å². The molecule has 19 heavy (non-hydrogen) atoms. The van der Waals surface area contributed by atoms with Crippen LogP contribution in [0.1, 0.15) is 6.42 Å². The van der Waals surface area contributed by atoms with E-state index in [1.54, 1.807) is 17.3 Å². The molecule has 0 aliphatic carbocycles. The lowest BCUT2D eigenvalue weighted by atomic mass is 10.0. The third-order valence-corrected chi connectivity index (χ3v) is 4.23. The maximum absolute atomic E-state index is 12.2. The number of hydrogen-bond donors (Lipinski definition) is 1. The van der Waals surface area contributed by atoms with E-state index in [9.17, 15) is 4.79 Å². The number of nitrogens with one attached hydrogen (secondary N) is 1. The van der Waals surface area contributed by atoms with Crippen LogP contribution in [0.25, 0.3) is 0 Å². The highest BCUT2D eigenvalue weighted by Gasteiger charge is 2.39. The first-order valence-corrected chi connectivity index (χ1v) is 6.68. The van der Waals surface area contributed by atoms with Crippen molar-refractivity contribution in [3.05, 3.63) is 24.2 Å².